The minimum absolute atomic E-state index is 0.0565. The molecular weight excluding hydrogens is 472 g/mol. The molecule has 0 unspecified atom stereocenters. The third kappa shape index (κ3) is 4.03. The first-order valence-corrected chi connectivity index (χ1v) is 12.6. The Labute approximate surface area is 217 Å². The molecule has 4 nitrogen and oxygen atoms in total. The molecule has 0 bridgehead atoms. The third-order valence-corrected chi connectivity index (χ3v) is 7.86. The van der Waals surface area contributed by atoms with Gasteiger partial charge in [0.25, 0.3) is 0 Å². The van der Waals surface area contributed by atoms with Crippen LogP contribution in [0.1, 0.15) is 51.4 Å². The highest BCUT2D eigenvalue weighted by molar-refractivity contribution is 7.80. The number of thiocarbonyl (C=S) groups is 1. The molecule has 178 valence electrons. The Morgan fingerprint density at radius 2 is 1.71 bits per heavy atom. The predicted octanol–water partition coefficient (Wildman–Crippen LogP) is 7.24. The number of hydrogen-bond donors (Lipinski definition) is 1. The van der Waals surface area contributed by atoms with Gasteiger partial charge in [0.1, 0.15) is 0 Å². The maximum absolute atomic E-state index is 6.50. The van der Waals surface area contributed by atoms with Crippen LogP contribution < -0.4 is 10.2 Å². The fourth-order valence-electron chi connectivity index (χ4n) is 5.12. The Kier molecular flexibility index (Phi) is 6.16. The van der Waals surface area contributed by atoms with Crippen LogP contribution >= 0.6 is 23.8 Å². The van der Waals surface area contributed by atoms with Crippen molar-refractivity contribution in [3.63, 3.8) is 0 Å². The normalized spacial score (nSPS) is 17.7. The van der Waals surface area contributed by atoms with Gasteiger partial charge in [0.15, 0.2) is 5.11 Å². The number of benzene rings is 2. The lowest BCUT2D eigenvalue weighted by molar-refractivity contribution is 0.565. The van der Waals surface area contributed by atoms with Gasteiger partial charge in [-0.3, -0.25) is 4.98 Å². The van der Waals surface area contributed by atoms with E-state index in [2.05, 4.69) is 85.8 Å². The average Bonchev–Trinajstić information content (AvgIpc) is 3.33. The number of anilines is 1. The highest BCUT2D eigenvalue weighted by Gasteiger charge is 2.42. The van der Waals surface area contributed by atoms with Gasteiger partial charge >= 0.3 is 0 Å². The van der Waals surface area contributed by atoms with Crippen LogP contribution in [0.2, 0.25) is 5.02 Å². The van der Waals surface area contributed by atoms with Gasteiger partial charge in [-0.1, -0.05) is 29.8 Å². The number of aromatic nitrogens is 2. The zero-order valence-electron chi connectivity index (χ0n) is 20.6. The molecule has 2 atom stereocenters. The first kappa shape index (κ1) is 23.6. The van der Waals surface area contributed by atoms with Crippen LogP contribution in [-0.4, -0.2) is 14.7 Å². The molecule has 0 radical (unpaired) electrons. The fraction of sp³-hybridized carbons (Fsp3) is 0.241. The molecule has 6 heteroatoms. The maximum atomic E-state index is 6.50. The van der Waals surface area contributed by atoms with Crippen molar-refractivity contribution in [1.82, 2.24) is 14.9 Å². The molecule has 5 rings (SSSR count). The van der Waals surface area contributed by atoms with Crippen LogP contribution in [0.5, 0.6) is 0 Å². The van der Waals surface area contributed by atoms with Crippen molar-refractivity contribution < 1.29 is 0 Å². The molecule has 1 fully saturated rings. The van der Waals surface area contributed by atoms with Crippen LogP contribution in [0.15, 0.2) is 66.9 Å². The summed E-state index contributed by atoms with van der Waals surface area (Å²) in [5, 5.41) is 5.06. The number of pyridine rings is 1. The van der Waals surface area contributed by atoms with Crippen molar-refractivity contribution in [2.75, 3.05) is 4.90 Å². The summed E-state index contributed by atoms with van der Waals surface area (Å²) in [5.74, 6) is 0. The molecule has 0 aliphatic carbocycles. The van der Waals surface area contributed by atoms with Gasteiger partial charge in [-0.15, -0.1) is 0 Å². The lowest BCUT2D eigenvalue weighted by Gasteiger charge is -2.28. The van der Waals surface area contributed by atoms with E-state index in [1.54, 1.807) is 0 Å². The number of aryl methyl sites for hydroxylation is 3. The summed E-state index contributed by atoms with van der Waals surface area (Å²) in [6.07, 6.45) is 1.84. The molecule has 35 heavy (non-hydrogen) atoms. The van der Waals surface area contributed by atoms with Crippen molar-refractivity contribution in [3.05, 3.63) is 111 Å². The van der Waals surface area contributed by atoms with Crippen molar-refractivity contribution in [3.8, 4) is 5.69 Å². The van der Waals surface area contributed by atoms with Crippen molar-refractivity contribution >= 4 is 34.6 Å². The molecule has 3 heterocycles. The topological polar surface area (TPSA) is 33.1 Å². The summed E-state index contributed by atoms with van der Waals surface area (Å²) in [6, 6.07) is 20.8. The van der Waals surface area contributed by atoms with E-state index in [0.29, 0.717) is 5.11 Å². The van der Waals surface area contributed by atoms with Crippen LogP contribution in [0.3, 0.4) is 0 Å². The largest absolute Gasteiger partial charge is 0.351 e. The van der Waals surface area contributed by atoms with E-state index >= 15 is 0 Å². The van der Waals surface area contributed by atoms with Gasteiger partial charge < -0.3 is 14.8 Å². The number of nitrogens with zero attached hydrogens (tertiary/aromatic N) is 3. The zero-order valence-corrected chi connectivity index (χ0v) is 22.2. The zero-order chi connectivity index (χ0) is 24.9. The summed E-state index contributed by atoms with van der Waals surface area (Å²) in [4.78, 5) is 6.95. The highest BCUT2D eigenvalue weighted by atomic mass is 35.5. The Bertz CT molecular complexity index is 1430. The second-order valence-corrected chi connectivity index (χ2v) is 10.1. The fourth-order valence-corrected chi connectivity index (χ4v) is 5.64. The Morgan fingerprint density at radius 3 is 2.43 bits per heavy atom. The summed E-state index contributed by atoms with van der Waals surface area (Å²) < 4.78 is 2.30. The van der Waals surface area contributed by atoms with E-state index in [4.69, 9.17) is 28.8 Å². The molecule has 0 amide bonds. The van der Waals surface area contributed by atoms with Gasteiger partial charge in [0.2, 0.25) is 0 Å². The van der Waals surface area contributed by atoms with Gasteiger partial charge in [-0.05, 0) is 112 Å². The second-order valence-electron chi connectivity index (χ2n) is 9.31. The molecule has 1 N–H and O–H groups in total. The maximum Gasteiger partial charge on any atom is 0.174 e. The average molecular weight is 501 g/mol. The first-order chi connectivity index (χ1) is 16.8. The quantitative estimate of drug-likeness (QED) is 0.299. The lowest BCUT2D eigenvalue weighted by atomic mass is 9.96. The van der Waals surface area contributed by atoms with Crippen LogP contribution in [0.25, 0.3) is 5.69 Å². The monoisotopic (exact) mass is 500 g/mol. The van der Waals surface area contributed by atoms with Gasteiger partial charge in [0, 0.05) is 34.0 Å². The van der Waals surface area contributed by atoms with E-state index in [1.807, 2.05) is 30.5 Å². The number of nitrogens with one attached hydrogen (secondary N) is 1. The molecule has 0 saturated carbocycles. The number of halogens is 1. The number of rotatable bonds is 4. The molecule has 0 spiro atoms. The van der Waals surface area contributed by atoms with E-state index in [0.717, 1.165) is 33.3 Å². The number of hydrogen-bond acceptors (Lipinski definition) is 2. The van der Waals surface area contributed by atoms with E-state index in [9.17, 15) is 0 Å². The SMILES string of the molecule is Cc1ccc(N2C(=S)N[C@H](c3ccccn3)[C@@H]2c2cc(C)n(-c3cccc(Cl)c3C)c2C)cc1C. The summed E-state index contributed by atoms with van der Waals surface area (Å²) in [5.41, 5.74) is 10.2. The minimum atomic E-state index is -0.0836. The van der Waals surface area contributed by atoms with E-state index < -0.39 is 0 Å². The predicted molar refractivity (Wildman–Crippen MR) is 149 cm³/mol. The molecule has 2 aromatic heterocycles. The van der Waals surface area contributed by atoms with E-state index in [-0.39, 0.29) is 12.1 Å². The Morgan fingerprint density at radius 1 is 0.914 bits per heavy atom. The smallest absolute Gasteiger partial charge is 0.174 e. The summed E-state index contributed by atoms with van der Waals surface area (Å²) >= 11 is 12.4. The third-order valence-electron chi connectivity index (χ3n) is 7.14. The Balaban J connectivity index is 1.71. The van der Waals surface area contributed by atoms with Crippen molar-refractivity contribution in [2.24, 2.45) is 0 Å². The second kappa shape index (κ2) is 9.14. The van der Waals surface area contributed by atoms with Crippen LogP contribution in [-0.2, 0) is 0 Å². The minimum Gasteiger partial charge on any atom is -0.351 e. The molecule has 1 saturated heterocycles. The standard InChI is InChI=1S/C29H29ClN4S/c1-17-12-13-22(15-18(17)2)34-28(27(32-29(34)35)25-10-6-7-14-31-25)23-16-19(3)33(21(23)5)26-11-8-9-24(30)20(26)4/h6-16,27-28H,1-5H3,(H,32,35)/t27-,28+/m1/s1. The molecular formula is C29H29ClN4S. The van der Waals surface area contributed by atoms with E-state index in [1.165, 1.54) is 22.4 Å². The lowest BCUT2D eigenvalue weighted by Crippen LogP contribution is -2.29. The summed E-state index contributed by atoms with van der Waals surface area (Å²) in [7, 11) is 0. The van der Waals surface area contributed by atoms with Gasteiger partial charge in [-0.25, -0.2) is 0 Å². The van der Waals surface area contributed by atoms with Crippen molar-refractivity contribution in [2.45, 2.75) is 46.7 Å². The van der Waals surface area contributed by atoms with Crippen LogP contribution in [0, 0.1) is 34.6 Å². The molecule has 4 aromatic rings. The Hall–Kier alpha value is -3.15. The highest BCUT2D eigenvalue weighted by Crippen LogP contribution is 2.44. The van der Waals surface area contributed by atoms with Crippen molar-refractivity contribution in [1.29, 1.82) is 0 Å². The van der Waals surface area contributed by atoms with Gasteiger partial charge in [0.05, 0.1) is 17.8 Å². The van der Waals surface area contributed by atoms with Crippen LogP contribution in [0.4, 0.5) is 5.69 Å². The summed E-state index contributed by atoms with van der Waals surface area (Å²) in [6.45, 7) is 10.7. The molecule has 1 aliphatic heterocycles. The first-order valence-electron chi connectivity index (χ1n) is 11.8. The van der Waals surface area contributed by atoms with Gasteiger partial charge in [-0.2, -0.15) is 0 Å². The molecule has 1 aliphatic rings. The molecule has 2 aromatic carbocycles.